The van der Waals surface area contributed by atoms with Crippen LogP contribution in [-0.4, -0.2) is 43.8 Å². The van der Waals surface area contributed by atoms with E-state index in [0.29, 0.717) is 23.9 Å². The third-order valence-electron chi connectivity index (χ3n) is 4.02. The van der Waals surface area contributed by atoms with Crippen LogP contribution in [0.25, 0.3) is 0 Å². The zero-order chi connectivity index (χ0) is 17.6. The zero-order valence-corrected chi connectivity index (χ0v) is 15.1. The van der Waals surface area contributed by atoms with Gasteiger partial charge in [-0.05, 0) is 42.5 Å². The summed E-state index contributed by atoms with van der Waals surface area (Å²) in [5.74, 6) is 0.662. The van der Waals surface area contributed by atoms with Crippen LogP contribution in [0.4, 0.5) is 10.5 Å². The number of ether oxygens (including phenoxy) is 1. The van der Waals surface area contributed by atoms with Crippen LogP contribution >= 0.6 is 23.2 Å². The van der Waals surface area contributed by atoms with Crippen LogP contribution in [0, 0.1) is 0 Å². The Bertz CT molecular complexity index is 717. The van der Waals surface area contributed by atoms with E-state index in [4.69, 9.17) is 27.9 Å². The molecule has 1 saturated heterocycles. The second kappa shape index (κ2) is 8.32. The average molecular weight is 380 g/mol. The Morgan fingerprint density at radius 1 is 1.00 bits per heavy atom. The van der Waals surface area contributed by atoms with E-state index in [2.05, 4.69) is 10.2 Å². The first-order chi connectivity index (χ1) is 12.1. The van der Waals surface area contributed by atoms with Gasteiger partial charge < -0.3 is 19.9 Å². The first-order valence-electron chi connectivity index (χ1n) is 8.03. The molecule has 0 aliphatic carbocycles. The lowest BCUT2D eigenvalue weighted by molar-refractivity contribution is 0.181. The second-order valence-corrected chi connectivity index (χ2v) is 6.55. The van der Waals surface area contributed by atoms with Crippen molar-refractivity contribution in [2.75, 3.05) is 37.8 Å². The van der Waals surface area contributed by atoms with Crippen molar-refractivity contribution < 1.29 is 9.53 Å². The molecule has 0 unspecified atom stereocenters. The molecular weight excluding hydrogens is 361 g/mol. The number of carbonyl (C=O) groups excluding carboxylic acids is 1. The highest BCUT2D eigenvalue weighted by atomic mass is 35.5. The molecule has 1 aliphatic heterocycles. The Morgan fingerprint density at radius 3 is 2.40 bits per heavy atom. The number of carbonyl (C=O) groups is 1. The number of nitrogens with zero attached hydrogens (tertiary/aromatic N) is 2. The van der Waals surface area contributed by atoms with Crippen LogP contribution in [0.1, 0.15) is 0 Å². The molecule has 5 nitrogen and oxygen atoms in total. The van der Waals surface area contributed by atoms with Crippen LogP contribution < -0.4 is 15.0 Å². The normalized spacial score (nSPS) is 14.3. The van der Waals surface area contributed by atoms with E-state index in [-0.39, 0.29) is 12.8 Å². The van der Waals surface area contributed by atoms with Gasteiger partial charge in [-0.3, -0.25) is 0 Å². The zero-order valence-electron chi connectivity index (χ0n) is 13.6. The Balaban J connectivity index is 1.43. The number of rotatable bonds is 4. The van der Waals surface area contributed by atoms with Gasteiger partial charge in [0.2, 0.25) is 0 Å². The van der Waals surface area contributed by atoms with Crippen molar-refractivity contribution in [1.82, 2.24) is 10.2 Å². The topological polar surface area (TPSA) is 44.8 Å². The van der Waals surface area contributed by atoms with Crippen molar-refractivity contribution in [3.05, 3.63) is 58.6 Å². The van der Waals surface area contributed by atoms with Crippen molar-refractivity contribution in [1.29, 1.82) is 0 Å². The highest BCUT2D eigenvalue weighted by molar-refractivity contribution is 6.31. The van der Waals surface area contributed by atoms with E-state index in [1.165, 1.54) is 0 Å². The Morgan fingerprint density at radius 2 is 1.72 bits per heavy atom. The fraction of sp³-hybridized carbons (Fsp3) is 0.278. The SMILES string of the molecule is O=C(NCOc1ccc(Cl)cc1)N1CCN(c2cccc(Cl)c2)CC1. The van der Waals surface area contributed by atoms with E-state index < -0.39 is 0 Å². The maximum absolute atomic E-state index is 12.2. The van der Waals surface area contributed by atoms with Crippen LogP contribution in [-0.2, 0) is 0 Å². The second-order valence-electron chi connectivity index (χ2n) is 5.68. The minimum Gasteiger partial charge on any atom is -0.473 e. The fourth-order valence-corrected chi connectivity index (χ4v) is 2.97. The van der Waals surface area contributed by atoms with Crippen LogP contribution in [0.15, 0.2) is 48.5 Å². The molecule has 1 heterocycles. The van der Waals surface area contributed by atoms with E-state index in [1.807, 2.05) is 24.3 Å². The minimum absolute atomic E-state index is 0.120. The van der Waals surface area contributed by atoms with Gasteiger partial charge in [0.15, 0.2) is 6.73 Å². The number of benzene rings is 2. The molecule has 0 saturated carbocycles. The van der Waals surface area contributed by atoms with Gasteiger partial charge in [0.25, 0.3) is 0 Å². The Kier molecular flexibility index (Phi) is 5.89. The maximum atomic E-state index is 12.2. The van der Waals surface area contributed by atoms with Crippen LogP contribution in [0.5, 0.6) is 5.75 Å². The van der Waals surface area contributed by atoms with Crippen LogP contribution in [0.2, 0.25) is 10.0 Å². The van der Waals surface area contributed by atoms with E-state index in [1.54, 1.807) is 29.2 Å². The third kappa shape index (κ3) is 4.94. The van der Waals surface area contributed by atoms with Gasteiger partial charge in [-0.25, -0.2) is 4.79 Å². The summed E-state index contributed by atoms with van der Waals surface area (Å²) in [6, 6.07) is 14.6. The number of piperazine rings is 1. The standard InChI is InChI=1S/C18H19Cl2N3O2/c19-14-4-6-17(7-5-14)25-13-21-18(24)23-10-8-22(9-11-23)16-3-1-2-15(20)12-16/h1-7,12H,8-11,13H2,(H,21,24). The summed E-state index contributed by atoms with van der Waals surface area (Å²) in [5.41, 5.74) is 1.08. The monoisotopic (exact) mass is 379 g/mol. The first-order valence-corrected chi connectivity index (χ1v) is 8.79. The molecule has 2 aromatic rings. The average Bonchev–Trinajstić information content (AvgIpc) is 2.63. The Labute approximate surface area is 157 Å². The number of nitrogens with one attached hydrogen (secondary N) is 1. The minimum atomic E-state index is -0.125. The molecule has 0 aromatic heterocycles. The fourth-order valence-electron chi connectivity index (χ4n) is 2.66. The van der Waals surface area contributed by atoms with Crippen molar-refractivity contribution in [2.24, 2.45) is 0 Å². The Hall–Kier alpha value is -2.11. The summed E-state index contributed by atoms with van der Waals surface area (Å²) in [7, 11) is 0. The molecule has 0 spiro atoms. The molecule has 132 valence electrons. The largest absolute Gasteiger partial charge is 0.473 e. The highest BCUT2D eigenvalue weighted by Gasteiger charge is 2.21. The lowest BCUT2D eigenvalue weighted by Gasteiger charge is -2.36. The van der Waals surface area contributed by atoms with Gasteiger partial charge in [-0.2, -0.15) is 0 Å². The molecule has 0 atom stereocenters. The molecule has 1 aliphatic rings. The van der Waals surface area contributed by atoms with E-state index in [0.717, 1.165) is 23.8 Å². The molecule has 7 heteroatoms. The van der Waals surface area contributed by atoms with Crippen molar-refractivity contribution >= 4 is 34.9 Å². The smallest absolute Gasteiger partial charge is 0.320 e. The summed E-state index contributed by atoms with van der Waals surface area (Å²) >= 11 is 11.9. The lowest BCUT2D eigenvalue weighted by Crippen LogP contribution is -2.52. The predicted octanol–water partition coefficient (Wildman–Crippen LogP) is 3.86. The van der Waals surface area contributed by atoms with Crippen molar-refractivity contribution in [2.45, 2.75) is 0 Å². The molecule has 25 heavy (non-hydrogen) atoms. The van der Waals surface area contributed by atoms with Gasteiger partial charge in [0.1, 0.15) is 5.75 Å². The van der Waals surface area contributed by atoms with Gasteiger partial charge in [0.05, 0.1) is 0 Å². The van der Waals surface area contributed by atoms with Gasteiger partial charge in [-0.1, -0.05) is 29.3 Å². The molecule has 2 aromatic carbocycles. The molecular formula is C18H19Cl2N3O2. The van der Waals surface area contributed by atoms with Crippen molar-refractivity contribution in [3.8, 4) is 5.75 Å². The lowest BCUT2D eigenvalue weighted by atomic mass is 10.2. The van der Waals surface area contributed by atoms with Gasteiger partial charge in [0, 0.05) is 41.9 Å². The molecule has 2 amide bonds. The van der Waals surface area contributed by atoms with Gasteiger partial charge >= 0.3 is 6.03 Å². The predicted molar refractivity (Wildman–Crippen MR) is 101 cm³/mol. The summed E-state index contributed by atoms with van der Waals surface area (Å²) in [6.07, 6.45) is 0. The quantitative estimate of drug-likeness (QED) is 0.820. The molecule has 1 N–H and O–H groups in total. The molecule has 3 rings (SSSR count). The van der Waals surface area contributed by atoms with Gasteiger partial charge in [-0.15, -0.1) is 0 Å². The van der Waals surface area contributed by atoms with E-state index >= 15 is 0 Å². The highest BCUT2D eigenvalue weighted by Crippen LogP contribution is 2.20. The summed E-state index contributed by atoms with van der Waals surface area (Å²) in [6.45, 7) is 2.96. The number of anilines is 1. The van der Waals surface area contributed by atoms with Crippen molar-refractivity contribution in [3.63, 3.8) is 0 Å². The molecule has 0 radical (unpaired) electrons. The number of amides is 2. The summed E-state index contributed by atoms with van der Waals surface area (Å²) in [5, 5.41) is 4.14. The maximum Gasteiger partial charge on any atom is 0.320 e. The summed E-state index contributed by atoms with van der Waals surface area (Å²) < 4.78 is 5.48. The summed E-state index contributed by atoms with van der Waals surface area (Å²) in [4.78, 5) is 16.2. The third-order valence-corrected chi connectivity index (χ3v) is 4.50. The van der Waals surface area contributed by atoms with E-state index in [9.17, 15) is 4.79 Å². The number of hydrogen-bond acceptors (Lipinski definition) is 3. The van der Waals surface area contributed by atoms with Crippen LogP contribution in [0.3, 0.4) is 0 Å². The molecule has 1 fully saturated rings. The number of hydrogen-bond donors (Lipinski definition) is 1. The molecule has 0 bridgehead atoms. The number of urea groups is 1. The first kappa shape index (κ1) is 17.7. The number of halogens is 2.